The summed E-state index contributed by atoms with van der Waals surface area (Å²) in [5.41, 5.74) is 1.23. The Hall–Kier alpha value is -0.197. The Balaban J connectivity index is 0.00000144. The van der Waals surface area contributed by atoms with Gasteiger partial charge in [-0.1, -0.05) is 42.0 Å². The van der Waals surface area contributed by atoms with Crippen LogP contribution < -0.4 is 0 Å². The predicted molar refractivity (Wildman–Crippen MR) is 50.4 cm³/mol. The second-order valence-corrected chi connectivity index (χ2v) is 2.78. The molecule has 0 fully saturated rings. The van der Waals surface area contributed by atoms with E-state index in [-0.39, 0.29) is 25.6 Å². The Bertz CT molecular complexity index is 211. The molecule has 0 saturated heterocycles. The van der Waals surface area contributed by atoms with Gasteiger partial charge in [-0.3, -0.25) is 6.42 Å². The SMILES string of the molecule is [CH2-]C[C@H](O)[CH-]Cc1ccccc1.[Zn+2]. The molecule has 0 bridgehead atoms. The first-order chi connectivity index (χ1) is 5.83. The maximum atomic E-state index is 9.20. The summed E-state index contributed by atoms with van der Waals surface area (Å²) in [4.78, 5) is 0. The van der Waals surface area contributed by atoms with Gasteiger partial charge in [0.1, 0.15) is 0 Å². The zero-order valence-corrected chi connectivity index (χ0v) is 10.8. The van der Waals surface area contributed by atoms with E-state index in [1.807, 2.05) is 36.8 Å². The van der Waals surface area contributed by atoms with E-state index in [0.717, 1.165) is 6.42 Å². The van der Waals surface area contributed by atoms with Crippen LogP contribution in [0.15, 0.2) is 30.3 Å². The summed E-state index contributed by atoms with van der Waals surface area (Å²) >= 11 is 0. The van der Waals surface area contributed by atoms with Gasteiger partial charge < -0.3 is 12.0 Å². The summed E-state index contributed by atoms with van der Waals surface area (Å²) in [7, 11) is 0. The molecule has 0 aliphatic carbocycles. The third-order valence-electron chi connectivity index (χ3n) is 1.76. The van der Waals surface area contributed by atoms with Crippen molar-refractivity contribution < 1.29 is 24.6 Å². The molecule has 1 aromatic rings. The molecule has 1 N–H and O–H groups in total. The van der Waals surface area contributed by atoms with Crippen molar-refractivity contribution in [1.82, 2.24) is 0 Å². The van der Waals surface area contributed by atoms with Crippen molar-refractivity contribution in [2.75, 3.05) is 0 Å². The van der Waals surface area contributed by atoms with Crippen LogP contribution in [0.25, 0.3) is 0 Å². The Morgan fingerprint density at radius 2 is 1.92 bits per heavy atom. The molecule has 0 spiro atoms. The van der Waals surface area contributed by atoms with Gasteiger partial charge >= 0.3 is 19.5 Å². The molecule has 0 unspecified atom stereocenters. The van der Waals surface area contributed by atoms with Gasteiger partial charge in [-0.15, -0.1) is 0 Å². The van der Waals surface area contributed by atoms with Crippen molar-refractivity contribution in [3.05, 3.63) is 49.2 Å². The number of hydrogen-bond donors (Lipinski definition) is 1. The Labute approximate surface area is 92.9 Å². The second-order valence-electron chi connectivity index (χ2n) is 2.78. The van der Waals surface area contributed by atoms with E-state index in [2.05, 4.69) is 6.92 Å². The molecule has 66 valence electrons. The molecule has 0 amide bonds. The minimum Gasteiger partial charge on any atom is -0.428 e. The van der Waals surface area contributed by atoms with Crippen LogP contribution in [0.3, 0.4) is 0 Å². The molecule has 1 aromatic carbocycles. The zero-order valence-electron chi connectivity index (χ0n) is 7.82. The van der Waals surface area contributed by atoms with Gasteiger partial charge in [0.25, 0.3) is 0 Å². The van der Waals surface area contributed by atoms with Crippen molar-refractivity contribution >= 4 is 0 Å². The fraction of sp³-hybridized carbons (Fsp3) is 0.273. The van der Waals surface area contributed by atoms with Gasteiger partial charge in [-0.2, -0.15) is 12.8 Å². The topological polar surface area (TPSA) is 20.2 Å². The maximum absolute atomic E-state index is 9.20. The normalized spacial score (nSPS) is 11.8. The minimum atomic E-state index is -0.370. The van der Waals surface area contributed by atoms with Crippen LogP contribution in [-0.2, 0) is 25.9 Å². The fourth-order valence-corrected chi connectivity index (χ4v) is 1.00. The summed E-state index contributed by atoms with van der Waals surface area (Å²) in [5.74, 6) is 0. The molecule has 0 aliphatic rings. The predicted octanol–water partition coefficient (Wildman–Crippen LogP) is 2.02. The van der Waals surface area contributed by atoms with Crippen molar-refractivity contribution in [1.29, 1.82) is 0 Å². The van der Waals surface area contributed by atoms with Crippen LogP contribution >= 0.6 is 0 Å². The van der Waals surface area contributed by atoms with E-state index < -0.39 is 0 Å². The van der Waals surface area contributed by atoms with E-state index in [4.69, 9.17) is 0 Å². The Kier molecular flexibility index (Phi) is 7.12. The molecular weight excluding hydrogens is 214 g/mol. The molecule has 1 nitrogen and oxygen atoms in total. The zero-order chi connectivity index (χ0) is 8.81. The second kappa shape index (κ2) is 7.23. The summed E-state index contributed by atoms with van der Waals surface area (Å²) in [5, 5.41) is 9.20. The summed E-state index contributed by atoms with van der Waals surface area (Å²) in [6.07, 6.45) is 2.87. The van der Waals surface area contributed by atoms with Crippen LogP contribution in [0.1, 0.15) is 12.0 Å². The number of rotatable bonds is 4. The fourth-order valence-electron chi connectivity index (χ4n) is 1.00. The van der Waals surface area contributed by atoms with Gasteiger partial charge in [0, 0.05) is 0 Å². The van der Waals surface area contributed by atoms with Gasteiger partial charge in [-0.05, 0) is 0 Å². The number of aliphatic hydroxyl groups excluding tert-OH is 1. The van der Waals surface area contributed by atoms with E-state index in [9.17, 15) is 5.11 Å². The summed E-state index contributed by atoms with van der Waals surface area (Å²) in [6.45, 7) is 3.62. The standard InChI is InChI=1S/C11H14O.Zn/c1-2-11(12)9-8-10-6-4-3-5-7-10;/h3-7,9,11-12H,1-2,8H2;/q-2;+2/t11-;/m0./s1. The molecule has 1 atom stereocenters. The van der Waals surface area contributed by atoms with E-state index in [1.165, 1.54) is 5.56 Å². The maximum Gasteiger partial charge on any atom is 2.00 e. The van der Waals surface area contributed by atoms with E-state index in [1.54, 1.807) is 0 Å². The number of benzene rings is 1. The molecule has 1 rings (SSSR count). The van der Waals surface area contributed by atoms with Crippen LogP contribution in [0.5, 0.6) is 0 Å². The van der Waals surface area contributed by atoms with E-state index >= 15 is 0 Å². The molecule has 13 heavy (non-hydrogen) atoms. The molecule has 0 heterocycles. The molecule has 0 radical (unpaired) electrons. The largest absolute Gasteiger partial charge is 2.00 e. The minimum absolute atomic E-state index is 0. The molecule has 0 aliphatic heterocycles. The van der Waals surface area contributed by atoms with Gasteiger partial charge in [0.2, 0.25) is 0 Å². The summed E-state index contributed by atoms with van der Waals surface area (Å²) < 4.78 is 0. The smallest absolute Gasteiger partial charge is 0.428 e. The third kappa shape index (κ3) is 5.18. The van der Waals surface area contributed by atoms with Gasteiger partial charge in [-0.25, -0.2) is 0 Å². The molecule has 0 aromatic heterocycles. The van der Waals surface area contributed by atoms with Crippen LogP contribution in [0.4, 0.5) is 0 Å². The van der Waals surface area contributed by atoms with E-state index in [0.29, 0.717) is 6.42 Å². The number of hydrogen-bond acceptors (Lipinski definition) is 1. The molecular formula is C11H14OZn. The molecule has 0 saturated carbocycles. The van der Waals surface area contributed by atoms with Crippen LogP contribution in [-0.4, -0.2) is 11.2 Å². The van der Waals surface area contributed by atoms with Gasteiger partial charge in [0.15, 0.2) is 0 Å². The van der Waals surface area contributed by atoms with Crippen molar-refractivity contribution in [2.24, 2.45) is 0 Å². The van der Waals surface area contributed by atoms with Crippen molar-refractivity contribution in [3.8, 4) is 0 Å². The van der Waals surface area contributed by atoms with Gasteiger partial charge in [0.05, 0.1) is 0 Å². The first-order valence-electron chi connectivity index (χ1n) is 4.17. The average molecular weight is 228 g/mol. The molecule has 2 heteroatoms. The average Bonchev–Trinajstić information content (AvgIpc) is 2.16. The third-order valence-corrected chi connectivity index (χ3v) is 1.76. The first-order valence-corrected chi connectivity index (χ1v) is 4.17. The summed E-state index contributed by atoms with van der Waals surface area (Å²) in [6, 6.07) is 10.1. The monoisotopic (exact) mass is 226 g/mol. The number of aliphatic hydroxyl groups is 1. The van der Waals surface area contributed by atoms with Crippen molar-refractivity contribution in [2.45, 2.75) is 18.9 Å². The quantitative estimate of drug-likeness (QED) is 0.616. The Morgan fingerprint density at radius 3 is 2.46 bits per heavy atom. The van der Waals surface area contributed by atoms with Crippen LogP contribution in [0, 0.1) is 13.3 Å². The first kappa shape index (κ1) is 12.8. The Morgan fingerprint density at radius 1 is 1.31 bits per heavy atom. The van der Waals surface area contributed by atoms with Crippen LogP contribution in [0.2, 0.25) is 0 Å². The van der Waals surface area contributed by atoms with Crippen molar-refractivity contribution in [3.63, 3.8) is 0 Å².